The minimum absolute atomic E-state index is 0.0296. The van der Waals surface area contributed by atoms with Crippen LogP contribution in [0.15, 0.2) is 27.5 Å². The lowest BCUT2D eigenvalue weighted by atomic mass is 10.2. The third-order valence-electron chi connectivity index (χ3n) is 2.79. The molecular formula is C15H17BrO4. The SMILES string of the molecule is CC(C)(C)OC(=O)Oc1ccc(C2CC2)cc(Br)c1=O. The number of hydrogen-bond donors (Lipinski definition) is 0. The van der Waals surface area contributed by atoms with E-state index in [1.54, 1.807) is 26.8 Å². The highest BCUT2D eigenvalue weighted by Gasteiger charge is 2.24. The Morgan fingerprint density at radius 1 is 1.30 bits per heavy atom. The van der Waals surface area contributed by atoms with Crippen molar-refractivity contribution in [2.45, 2.75) is 45.1 Å². The third kappa shape index (κ3) is 4.07. The van der Waals surface area contributed by atoms with Gasteiger partial charge in [0, 0.05) is 0 Å². The summed E-state index contributed by atoms with van der Waals surface area (Å²) in [5.41, 5.74) is 0.0591. The Balaban J connectivity index is 2.24. The number of rotatable bonds is 2. The average molecular weight is 341 g/mol. The molecule has 4 nitrogen and oxygen atoms in total. The summed E-state index contributed by atoms with van der Waals surface area (Å²) in [6.45, 7) is 5.20. The van der Waals surface area contributed by atoms with Gasteiger partial charge >= 0.3 is 6.16 Å². The minimum Gasteiger partial charge on any atom is -0.428 e. The average Bonchev–Trinajstić information content (AvgIpc) is 3.12. The van der Waals surface area contributed by atoms with Crippen molar-refractivity contribution in [1.82, 2.24) is 0 Å². The summed E-state index contributed by atoms with van der Waals surface area (Å²) >= 11 is 3.23. The molecule has 0 bridgehead atoms. The van der Waals surface area contributed by atoms with Crippen LogP contribution in [-0.4, -0.2) is 11.8 Å². The van der Waals surface area contributed by atoms with Gasteiger partial charge in [-0.1, -0.05) is 6.07 Å². The van der Waals surface area contributed by atoms with Crippen molar-refractivity contribution in [2.75, 3.05) is 0 Å². The molecule has 5 heteroatoms. The monoisotopic (exact) mass is 340 g/mol. The molecule has 0 spiro atoms. The standard InChI is InChI=1S/C15H17BrO4/c1-15(2,3)20-14(18)19-12-7-6-10(9-4-5-9)8-11(16)13(12)17/h6-9H,4-5H2,1-3H3. The van der Waals surface area contributed by atoms with E-state index in [4.69, 9.17) is 9.47 Å². The van der Waals surface area contributed by atoms with E-state index >= 15 is 0 Å². The Hall–Kier alpha value is -1.36. The van der Waals surface area contributed by atoms with Gasteiger partial charge in [-0.25, -0.2) is 4.79 Å². The van der Waals surface area contributed by atoms with Crippen molar-refractivity contribution in [3.8, 4) is 5.75 Å². The molecule has 0 N–H and O–H groups in total. The fourth-order valence-corrected chi connectivity index (χ4v) is 2.20. The number of hydrogen-bond acceptors (Lipinski definition) is 4. The van der Waals surface area contributed by atoms with E-state index in [1.165, 1.54) is 6.07 Å². The van der Waals surface area contributed by atoms with Crippen molar-refractivity contribution in [3.63, 3.8) is 0 Å². The molecule has 20 heavy (non-hydrogen) atoms. The molecule has 1 aromatic carbocycles. The first-order chi connectivity index (χ1) is 9.26. The van der Waals surface area contributed by atoms with Crippen LogP contribution in [0.25, 0.3) is 0 Å². The molecule has 108 valence electrons. The summed E-state index contributed by atoms with van der Waals surface area (Å²) in [5.74, 6) is 0.477. The quantitative estimate of drug-likeness (QED) is 0.763. The fourth-order valence-electron chi connectivity index (χ4n) is 1.74. The van der Waals surface area contributed by atoms with Gasteiger partial charge in [-0.3, -0.25) is 4.79 Å². The highest BCUT2D eigenvalue weighted by atomic mass is 79.9. The molecule has 1 aromatic rings. The van der Waals surface area contributed by atoms with Gasteiger partial charge in [0.2, 0.25) is 5.43 Å². The highest BCUT2D eigenvalue weighted by molar-refractivity contribution is 9.10. The van der Waals surface area contributed by atoms with Crippen LogP contribution in [-0.2, 0) is 4.74 Å². The largest absolute Gasteiger partial charge is 0.514 e. The topological polar surface area (TPSA) is 52.6 Å². The molecule has 1 fully saturated rings. The van der Waals surface area contributed by atoms with Crippen LogP contribution in [0.3, 0.4) is 0 Å². The Kier molecular flexibility index (Phi) is 4.18. The summed E-state index contributed by atoms with van der Waals surface area (Å²) in [6, 6.07) is 5.15. The fraction of sp³-hybridized carbons (Fsp3) is 0.467. The lowest BCUT2D eigenvalue weighted by Crippen LogP contribution is -2.27. The summed E-state index contributed by atoms with van der Waals surface area (Å²) in [4.78, 5) is 23.7. The Labute approximate surface area is 126 Å². The first-order valence-electron chi connectivity index (χ1n) is 6.51. The summed E-state index contributed by atoms with van der Waals surface area (Å²) < 4.78 is 10.4. The van der Waals surface area contributed by atoms with Gasteiger partial charge in [0.15, 0.2) is 5.75 Å². The van der Waals surface area contributed by atoms with Crippen LogP contribution in [0.4, 0.5) is 4.79 Å². The van der Waals surface area contributed by atoms with Crippen LogP contribution < -0.4 is 10.2 Å². The molecule has 0 amide bonds. The van der Waals surface area contributed by atoms with Gasteiger partial charge in [-0.05, 0) is 73.2 Å². The van der Waals surface area contributed by atoms with Gasteiger partial charge < -0.3 is 9.47 Å². The zero-order valence-electron chi connectivity index (χ0n) is 11.7. The van der Waals surface area contributed by atoms with E-state index < -0.39 is 11.8 Å². The minimum atomic E-state index is -0.874. The van der Waals surface area contributed by atoms with Crippen molar-refractivity contribution in [2.24, 2.45) is 0 Å². The van der Waals surface area contributed by atoms with Crippen LogP contribution in [0.1, 0.15) is 45.1 Å². The van der Waals surface area contributed by atoms with Gasteiger partial charge in [0.25, 0.3) is 0 Å². The molecule has 0 unspecified atom stereocenters. The molecule has 1 aliphatic rings. The van der Waals surface area contributed by atoms with E-state index in [9.17, 15) is 9.59 Å². The third-order valence-corrected chi connectivity index (χ3v) is 3.38. The maximum atomic E-state index is 12.1. The Morgan fingerprint density at radius 3 is 2.50 bits per heavy atom. The molecule has 0 radical (unpaired) electrons. The summed E-state index contributed by atoms with van der Waals surface area (Å²) in [7, 11) is 0. The zero-order chi connectivity index (χ0) is 14.9. The molecule has 0 saturated heterocycles. The molecule has 0 aliphatic heterocycles. The zero-order valence-corrected chi connectivity index (χ0v) is 13.3. The van der Waals surface area contributed by atoms with E-state index in [-0.39, 0.29) is 11.2 Å². The second-order valence-corrected chi connectivity index (χ2v) is 6.71. The highest BCUT2D eigenvalue weighted by Crippen LogP contribution is 2.40. The maximum Gasteiger partial charge on any atom is 0.514 e. The second kappa shape index (κ2) is 5.56. The molecule has 1 saturated carbocycles. The first kappa shape index (κ1) is 15.0. The van der Waals surface area contributed by atoms with Crippen molar-refractivity contribution >= 4 is 22.1 Å². The lowest BCUT2D eigenvalue weighted by Gasteiger charge is -2.18. The number of carbonyl (C=O) groups excluding carboxylic acids is 1. The van der Waals surface area contributed by atoms with E-state index in [0.29, 0.717) is 10.4 Å². The molecule has 0 heterocycles. The number of ether oxygens (including phenoxy) is 2. The smallest absolute Gasteiger partial charge is 0.428 e. The Morgan fingerprint density at radius 2 is 1.95 bits per heavy atom. The van der Waals surface area contributed by atoms with Gasteiger partial charge in [0.05, 0.1) is 4.47 Å². The normalized spacial score (nSPS) is 14.8. The van der Waals surface area contributed by atoms with Crippen molar-refractivity contribution in [3.05, 3.63) is 38.5 Å². The van der Waals surface area contributed by atoms with E-state index in [1.807, 2.05) is 6.07 Å². The van der Waals surface area contributed by atoms with Crippen LogP contribution >= 0.6 is 15.9 Å². The molecule has 1 aliphatic carbocycles. The maximum absolute atomic E-state index is 12.1. The van der Waals surface area contributed by atoms with Gasteiger partial charge in [-0.15, -0.1) is 0 Å². The number of carbonyl (C=O) groups is 1. The molecule has 0 atom stereocenters. The Bertz CT molecular complexity index is 585. The lowest BCUT2D eigenvalue weighted by molar-refractivity contribution is 0.0204. The van der Waals surface area contributed by atoms with E-state index in [2.05, 4.69) is 15.9 Å². The molecule has 2 rings (SSSR count). The predicted octanol–water partition coefficient (Wildman–Crippen LogP) is 4.00. The molecular weight excluding hydrogens is 324 g/mol. The number of halogens is 1. The van der Waals surface area contributed by atoms with Crippen LogP contribution in [0, 0.1) is 0 Å². The van der Waals surface area contributed by atoms with Gasteiger partial charge in [0.1, 0.15) is 5.60 Å². The first-order valence-corrected chi connectivity index (χ1v) is 7.30. The molecule has 0 aromatic heterocycles. The van der Waals surface area contributed by atoms with Gasteiger partial charge in [-0.2, -0.15) is 0 Å². The van der Waals surface area contributed by atoms with Crippen LogP contribution in [0.2, 0.25) is 0 Å². The van der Waals surface area contributed by atoms with Crippen molar-refractivity contribution < 1.29 is 14.3 Å². The summed E-state index contributed by atoms with van der Waals surface area (Å²) in [5, 5.41) is 0. The second-order valence-electron chi connectivity index (χ2n) is 5.86. The van der Waals surface area contributed by atoms with E-state index in [0.717, 1.165) is 18.4 Å². The summed E-state index contributed by atoms with van der Waals surface area (Å²) in [6.07, 6.45) is 1.39. The van der Waals surface area contributed by atoms with Crippen LogP contribution in [0.5, 0.6) is 5.75 Å². The van der Waals surface area contributed by atoms with Crippen molar-refractivity contribution in [1.29, 1.82) is 0 Å². The predicted molar refractivity (Wildman–Crippen MR) is 79.2 cm³/mol.